The molecule has 1 aliphatic rings. The van der Waals surface area contributed by atoms with Crippen LogP contribution in [0.2, 0.25) is 0 Å². The molecule has 1 heterocycles. The molecule has 0 aliphatic carbocycles. The van der Waals surface area contributed by atoms with Crippen LogP contribution in [0.25, 0.3) is 0 Å². The van der Waals surface area contributed by atoms with Gasteiger partial charge in [0.25, 0.3) is 0 Å². The molecule has 1 atom stereocenters. The third-order valence-electron chi connectivity index (χ3n) is 2.27. The fourth-order valence-electron chi connectivity index (χ4n) is 1.46. The summed E-state index contributed by atoms with van der Waals surface area (Å²) in [5, 5.41) is 0. The van der Waals surface area contributed by atoms with Gasteiger partial charge in [-0.3, -0.25) is 4.79 Å². The minimum Gasteiger partial charge on any atom is -0.297 e. The summed E-state index contributed by atoms with van der Waals surface area (Å²) < 4.78 is 0.246. The largest absolute Gasteiger partial charge is 0.297 e. The van der Waals surface area contributed by atoms with Crippen molar-refractivity contribution in [3.05, 3.63) is 0 Å². The van der Waals surface area contributed by atoms with Crippen LogP contribution in [-0.2, 0) is 4.79 Å². The second kappa shape index (κ2) is 5.97. The van der Waals surface area contributed by atoms with Gasteiger partial charge >= 0.3 is 0 Å². The third kappa shape index (κ3) is 3.55. The fourth-order valence-corrected chi connectivity index (χ4v) is 4.45. The quantitative estimate of drug-likeness (QED) is 0.721. The van der Waals surface area contributed by atoms with Crippen molar-refractivity contribution >= 4 is 29.3 Å². The predicted octanol–water partition coefficient (Wildman–Crippen LogP) is 3.19. The number of carbonyl (C=O) groups excluding carboxylic acids is 1. The Hall–Kier alpha value is 0.370. The monoisotopic (exact) mass is 218 g/mol. The summed E-state index contributed by atoms with van der Waals surface area (Å²) >= 11 is 3.68. The molecule has 0 saturated carbocycles. The number of hydrogen-bond donors (Lipinski definition) is 0. The van der Waals surface area contributed by atoms with Gasteiger partial charge in [-0.25, -0.2) is 0 Å². The van der Waals surface area contributed by atoms with E-state index in [2.05, 4.69) is 13.8 Å². The molecule has 0 N–H and O–H groups in total. The molecule has 0 radical (unpaired) electrons. The van der Waals surface area contributed by atoms with E-state index in [1.165, 1.54) is 17.9 Å². The minimum atomic E-state index is 0.246. The van der Waals surface area contributed by atoms with Crippen LogP contribution in [0.3, 0.4) is 0 Å². The molecular weight excluding hydrogens is 200 g/mol. The van der Waals surface area contributed by atoms with Crippen molar-refractivity contribution in [3.63, 3.8) is 0 Å². The van der Waals surface area contributed by atoms with Crippen LogP contribution in [0.4, 0.5) is 0 Å². The first-order valence-corrected chi connectivity index (χ1v) is 7.12. The molecule has 1 rings (SSSR count). The summed E-state index contributed by atoms with van der Waals surface area (Å²) in [6.07, 6.45) is 3.44. The number of hydrogen-bond acceptors (Lipinski definition) is 3. The second-order valence-electron chi connectivity index (χ2n) is 3.52. The molecule has 13 heavy (non-hydrogen) atoms. The van der Waals surface area contributed by atoms with E-state index in [1.54, 1.807) is 0 Å². The van der Waals surface area contributed by atoms with Gasteiger partial charge in [0.15, 0.2) is 5.78 Å². The van der Waals surface area contributed by atoms with E-state index in [0.717, 1.165) is 12.8 Å². The van der Waals surface area contributed by atoms with Gasteiger partial charge in [0.1, 0.15) is 4.58 Å². The Morgan fingerprint density at radius 3 is 2.62 bits per heavy atom. The van der Waals surface area contributed by atoms with E-state index in [0.29, 0.717) is 5.78 Å². The average Bonchev–Trinajstić information content (AvgIpc) is 2.18. The van der Waals surface area contributed by atoms with Crippen LogP contribution in [0.5, 0.6) is 0 Å². The topological polar surface area (TPSA) is 17.1 Å². The van der Waals surface area contributed by atoms with Crippen molar-refractivity contribution < 1.29 is 4.79 Å². The van der Waals surface area contributed by atoms with Crippen LogP contribution in [0.15, 0.2) is 0 Å². The van der Waals surface area contributed by atoms with Crippen molar-refractivity contribution in [3.8, 4) is 0 Å². The lowest BCUT2D eigenvalue weighted by molar-refractivity contribution is -0.120. The van der Waals surface area contributed by atoms with Crippen molar-refractivity contribution in [1.29, 1.82) is 0 Å². The Kier molecular flexibility index (Phi) is 5.25. The normalized spacial score (nSPS) is 21.4. The van der Waals surface area contributed by atoms with E-state index in [4.69, 9.17) is 0 Å². The summed E-state index contributed by atoms with van der Waals surface area (Å²) in [5.74, 6) is 3.08. The number of ketones is 1. The third-order valence-corrected chi connectivity index (χ3v) is 5.20. The molecule has 76 valence electrons. The molecular formula is C10H18OS2. The summed E-state index contributed by atoms with van der Waals surface area (Å²) in [4.78, 5) is 11.8. The first-order chi connectivity index (χ1) is 6.25. The number of rotatable bonds is 4. The minimum absolute atomic E-state index is 0.246. The number of carbonyl (C=O) groups is 1. The first kappa shape index (κ1) is 11.4. The molecule has 0 bridgehead atoms. The lowest BCUT2D eigenvalue weighted by atomic mass is 10.0. The highest BCUT2D eigenvalue weighted by Crippen LogP contribution is 2.33. The Morgan fingerprint density at radius 1 is 1.46 bits per heavy atom. The highest BCUT2D eigenvalue weighted by molar-refractivity contribution is 8.18. The Morgan fingerprint density at radius 2 is 2.08 bits per heavy atom. The van der Waals surface area contributed by atoms with Crippen molar-refractivity contribution in [2.45, 2.75) is 37.7 Å². The van der Waals surface area contributed by atoms with Crippen molar-refractivity contribution in [2.24, 2.45) is 5.92 Å². The van der Waals surface area contributed by atoms with Crippen molar-refractivity contribution in [1.82, 2.24) is 0 Å². The van der Waals surface area contributed by atoms with Gasteiger partial charge in [0, 0.05) is 5.92 Å². The standard InChI is InChI=1S/C10H18OS2/c1-3-5-8(2)9(11)10-12-6-4-7-13-10/h8,10H,3-7H2,1-2H3. The lowest BCUT2D eigenvalue weighted by Gasteiger charge is -2.22. The van der Waals surface area contributed by atoms with Gasteiger partial charge < -0.3 is 0 Å². The fraction of sp³-hybridized carbons (Fsp3) is 0.900. The predicted molar refractivity (Wildman–Crippen MR) is 62.4 cm³/mol. The lowest BCUT2D eigenvalue weighted by Crippen LogP contribution is -2.24. The molecule has 3 heteroatoms. The Labute approximate surface area is 89.4 Å². The van der Waals surface area contributed by atoms with Crippen LogP contribution in [-0.4, -0.2) is 21.9 Å². The molecule has 1 aliphatic heterocycles. The maximum Gasteiger partial charge on any atom is 0.158 e. The molecule has 0 aromatic carbocycles. The zero-order valence-electron chi connectivity index (χ0n) is 8.41. The summed E-state index contributed by atoms with van der Waals surface area (Å²) in [6, 6.07) is 0. The smallest absolute Gasteiger partial charge is 0.158 e. The van der Waals surface area contributed by atoms with E-state index in [-0.39, 0.29) is 10.5 Å². The zero-order valence-corrected chi connectivity index (χ0v) is 10.0. The number of Topliss-reactive ketones (excluding diaryl/α,β-unsaturated/α-hetero) is 1. The Bertz CT molecular complexity index is 164. The van der Waals surface area contributed by atoms with Crippen LogP contribution in [0, 0.1) is 5.92 Å². The molecule has 0 aromatic rings. The maximum atomic E-state index is 11.8. The molecule has 0 amide bonds. The molecule has 1 nitrogen and oxygen atoms in total. The van der Waals surface area contributed by atoms with Crippen LogP contribution < -0.4 is 0 Å². The van der Waals surface area contributed by atoms with Crippen LogP contribution in [0.1, 0.15) is 33.1 Å². The molecule has 1 fully saturated rings. The van der Waals surface area contributed by atoms with E-state index in [1.807, 2.05) is 23.5 Å². The van der Waals surface area contributed by atoms with E-state index >= 15 is 0 Å². The first-order valence-electron chi connectivity index (χ1n) is 5.02. The molecule has 1 unspecified atom stereocenters. The summed E-state index contributed by atoms with van der Waals surface area (Å²) in [6.45, 7) is 4.21. The van der Waals surface area contributed by atoms with E-state index in [9.17, 15) is 4.79 Å². The SMILES string of the molecule is CCCC(C)C(=O)C1SCCCS1. The highest BCUT2D eigenvalue weighted by Gasteiger charge is 2.25. The van der Waals surface area contributed by atoms with Gasteiger partial charge in [0.05, 0.1) is 0 Å². The Balaban J connectivity index is 2.36. The van der Waals surface area contributed by atoms with Gasteiger partial charge in [-0.15, -0.1) is 23.5 Å². The molecule has 0 spiro atoms. The molecule has 0 aromatic heterocycles. The van der Waals surface area contributed by atoms with Crippen LogP contribution >= 0.6 is 23.5 Å². The average molecular weight is 218 g/mol. The van der Waals surface area contributed by atoms with Gasteiger partial charge in [-0.2, -0.15) is 0 Å². The van der Waals surface area contributed by atoms with Gasteiger partial charge in [-0.05, 0) is 24.3 Å². The zero-order chi connectivity index (χ0) is 9.68. The maximum absolute atomic E-state index is 11.8. The highest BCUT2D eigenvalue weighted by atomic mass is 32.2. The number of thioether (sulfide) groups is 2. The van der Waals surface area contributed by atoms with E-state index < -0.39 is 0 Å². The summed E-state index contributed by atoms with van der Waals surface area (Å²) in [5.41, 5.74) is 0. The summed E-state index contributed by atoms with van der Waals surface area (Å²) in [7, 11) is 0. The second-order valence-corrected chi connectivity index (χ2v) is 6.24. The van der Waals surface area contributed by atoms with Crippen molar-refractivity contribution in [2.75, 3.05) is 11.5 Å². The van der Waals surface area contributed by atoms with Gasteiger partial charge in [-0.1, -0.05) is 20.3 Å². The molecule has 1 saturated heterocycles. The van der Waals surface area contributed by atoms with Gasteiger partial charge in [0.2, 0.25) is 0 Å².